The maximum Gasteiger partial charge on any atom is 0.309 e. The normalized spacial score (nSPS) is 23.5. The molecule has 1 aromatic carbocycles. The van der Waals surface area contributed by atoms with E-state index in [-0.39, 0.29) is 11.9 Å². The lowest BCUT2D eigenvalue weighted by Gasteiger charge is -2.32. The summed E-state index contributed by atoms with van der Waals surface area (Å²) in [6.45, 7) is 9.12. The molecule has 1 aromatic rings. The molecule has 0 aromatic heterocycles. The predicted octanol–water partition coefficient (Wildman–Crippen LogP) is 2.78. The lowest BCUT2D eigenvalue weighted by Crippen LogP contribution is -2.40. The fourth-order valence-corrected chi connectivity index (χ4v) is 4.02. The van der Waals surface area contributed by atoms with E-state index in [1.165, 1.54) is 31.6 Å². The van der Waals surface area contributed by atoms with Crippen LogP contribution in [0.3, 0.4) is 0 Å². The first-order valence-corrected chi connectivity index (χ1v) is 9.40. The maximum absolute atomic E-state index is 11.8. The molecule has 0 aliphatic carbocycles. The van der Waals surface area contributed by atoms with E-state index < -0.39 is 0 Å². The number of hydrogen-bond acceptors (Lipinski definition) is 4. The number of ether oxygens (including phenoxy) is 1. The smallest absolute Gasteiger partial charge is 0.309 e. The number of benzene rings is 1. The van der Waals surface area contributed by atoms with E-state index in [9.17, 15) is 4.79 Å². The monoisotopic (exact) mass is 330 g/mol. The highest BCUT2D eigenvalue weighted by Gasteiger charge is 2.29. The van der Waals surface area contributed by atoms with Gasteiger partial charge in [0.05, 0.1) is 12.5 Å². The summed E-state index contributed by atoms with van der Waals surface area (Å²) >= 11 is 0. The summed E-state index contributed by atoms with van der Waals surface area (Å²) in [5, 5.41) is 0. The zero-order valence-corrected chi connectivity index (χ0v) is 14.8. The van der Waals surface area contributed by atoms with Crippen LogP contribution in [0.5, 0.6) is 0 Å². The second-order valence-corrected chi connectivity index (χ2v) is 7.20. The van der Waals surface area contributed by atoms with Crippen molar-refractivity contribution >= 4 is 5.97 Å². The lowest BCUT2D eigenvalue weighted by atomic mass is 9.96. The number of esters is 1. The summed E-state index contributed by atoms with van der Waals surface area (Å²) < 4.78 is 5.16. The van der Waals surface area contributed by atoms with Crippen LogP contribution in [0, 0.1) is 11.8 Å². The van der Waals surface area contributed by atoms with Gasteiger partial charge in [-0.2, -0.15) is 0 Å². The molecule has 0 amide bonds. The van der Waals surface area contributed by atoms with Crippen LogP contribution in [0.25, 0.3) is 0 Å². The molecule has 4 nitrogen and oxygen atoms in total. The van der Waals surface area contributed by atoms with Crippen LogP contribution in [-0.2, 0) is 16.1 Å². The van der Waals surface area contributed by atoms with Gasteiger partial charge in [0.1, 0.15) is 0 Å². The van der Waals surface area contributed by atoms with E-state index >= 15 is 0 Å². The zero-order valence-electron chi connectivity index (χ0n) is 14.8. The fourth-order valence-electron chi connectivity index (χ4n) is 4.02. The van der Waals surface area contributed by atoms with E-state index in [1.807, 2.05) is 6.92 Å². The van der Waals surface area contributed by atoms with Crippen molar-refractivity contribution in [1.29, 1.82) is 0 Å². The first kappa shape index (κ1) is 17.4. The summed E-state index contributed by atoms with van der Waals surface area (Å²) in [7, 11) is 0. The molecular formula is C20H30N2O2. The molecule has 0 spiro atoms. The summed E-state index contributed by atoms with van der Waals surface area (Å²) in [4.78, 5) is 16.9. The van der Waals surface area contributed by atoms with Crippen molar-refractivity contribution in [3.63, 3.8) is 0 Å². The molecule has 1 atom stereocenters. The number of likely N-dealkylation sites (tertiary alicyclic amines) is 2. The van der Waals surface area contributed by atoms with Gasteiger partial charge in [0.25, 0.3) is 0 Å². The van der Waals surface area contributed by atoms with E-state index in [0.29, 0.717) is 6.61 Å². The second kappa shape index (κ2) is 8.63. The third-order valence-corrected chi connectivity index (χ3v) is 5.34. The Morgan fingerprint density at radius 3 is 2.50 bits per heavy atom. The molecule has 0 N–H and O–H groups in total. The largest absolute Gasteiger partial charge is 0.466 e. The molecule has 132 valence electrons. The Bertz CT molecular complexity index is 512. The Morgan fingerprint density at radius 2 is 1.79 bits per heavy atom. The highest BCUT2D eigenvalue weighted by Crippen LogP contribution is 2.23. The predicted molar refractivity (Wildman–Crippen MR) is 95.6 cm³/mol. The molecule has 2 fully saturated rings. The Balaban J connectivity index is 1.38. The van der Waals surface area contributed by atoms with Crippen LogP contribution < -0.4 is 0 Å². The Kier molecular flexibility index (Phi) is 6.27. The summed E-state index contributed by atoms with van der Waals surface area (Å²) in [6, 6.07) is 10.8. The van der Waals surface area contributed by atoms with Gasteiger partial charge in [0.15, 0.2) is 0 Å². The number of nitrogens with zero attached hydrogens (tertiary/aromatic N) is 2. The topological polar surface area (TPSA) is 32.8 Å². The van der Waals surface area contributed by atoms with Crippen molar-refractivity contribution in [2.45, 2.75) is 32.7 Å². The standard InChI is InChI=1S/C20H30N2O2/c1-2-24-20(23)19-9-12-21(13-10-19)15-18-8-11-22(16-18)14-17-6-4-3-5-7-17/h3-7,18-19H,2,8-16H2,1H3/t18-/m0/s1. The van der Waals surface area contributed by atoms with Gasteiger partial charge >= 0.3 is 5.97 Å². The number of carbonyl (C=O) groups is 1. The van der Waals surface area contributed by atoms with E-state index in [0.717, 1.165) is 38.4 Å². The third kappa shape index (κ3) is 4.81. The highest BCUT2D eigenvalue weighted by molar-refractivity contribution is 5.72. The SMILES string of the molecule is CCOC(=O)C1CCN(C[C@@H]2CCN(Cc3ccccc3)C2)CC1. The Morgan fingerprint density at radius 1 is 1.08 bits per heavy atom. The molecule has 0 bridgehead atoms. The van der Waals surface area contributed by atoms with Gasteiger partial charge in [0.2, 0.25) is 0 Å². The lowest BCUT2D eigenvalue weighted by molar-refractivity contribution is -0.149. The van der Waals surface area contributed by atoms with Crippen LogP contribution in [-0.4, -0.2) is 55.1 Å². The van der Waals surface area contributed by atoms with Crippen LogP contribution in [0.15, 0.2) is 30.3 Å². The van der Waals surface area contributed by atoms with Crippen molar-refractivity contribution in [1.82, 2.24) is 9.80 Å². The van der Waals surface area contributed by atoms with E-state index in [2.05, 4.69) is 40.1 Å². The second-order valence-electron chi connectivity index (χ2n) is 7.20. The highest BCUT2D eigenvalue weighted by atomic mass is 16.5. The minimum Gasteiger partial charge on any atom is -0.466 e. The molecule has 4 heteroatoms. The molecule has 2 aliphatic heterocycles. The van der Waals surface area contributed by atoms with Crippen molar-refractivity contribution in [2.75, 3.05) is 39.3 Å². The van der Waals surface area contributed by atoms with Gasteiger partial charge in [-0.3, -0.25) is 9.69 Å². The van der Waals surface area contributed by atoms with Gasteiger partial charge in [-0.05, 0) is 57.3 Å². The molecule has 0 radical (unpaired) electrons. The number of piperidine rings is 1. The molecule has 24 heavy (non-hydrogen) atoms. The first-order valence-electron chi connectivity index (χ1n) is 9.40. The van der Waals surface area contributed by atoms with Gasteiger partial charge < -0.3 is 9.64 Å². The van der Waals surface area contributed by atoms with Crippen molar-refractivity contribution < 1.29 is 9.53 Å². The molecule has 2 saturated heterocycles. The Hall–Kier alpha value is -1.39. The fraction of sp³-hybridized carbons (Fsp3) is 0.650. The van der Waals surface area contributed by atoms with E-state index in [4.69, 9.17) is 4.74 Å². The minimum atomic E-state index is 0.00653. The zero-order chi connectivity index (χ0) is 16.8. The summed E-state index contributed by atoms with van der Waals surface area (Å²) in [6.07, 6.45) is 3.21. The molecule has 2 heterocycles. The number of carbonyl (C=O) groups excluding carboxylic acids is 1. The molecule has 0 unspecified atom stereocenters. The van der Waals surface area contributed by atoms with Crippen molar-refractivity contribution in [2.24, 2.45) is 11.8 Å². The van der Waals surface area contributed by atoms with Gasteiger partial charge in [-0.25, -0.2) is 0 Å². The average molecular weight is 330 g/mol. The van der Waals surface area contributed by atoms with Gasteiger partial charge in [-0.15, -0.1) is 0 Å². The Labute approximate surface area is 145 Å². The molecule has 3 rings (SSSR count). The van der Waals surface area contributed by atoms with E-state index in [1.54, 1.807) is 0 Å². The van der Waals surface area contributed by atoms with Crippen LogP contribution in [0.4, 0.5) is 0 Å². The minimum absolute atomic E-state index is 0.00653. The summed E-state index contributed by atoms with van der Waals surface area (Å²) in [5.74, 6) is 0.902. The quantitative estimate of drug-likeness (QED) is 0.751. The van der Waals surface area contributed by atoms with Crippen LogP contribution in [0.2, 0.25) is 0 Å². The van der Waals surface area contributed by atoms with Crippen molar-refractivity contribution in [3.8, 4) is 0 Å². The van der Waals surface area contributed by atoms with Crippen molar-refractivity contribution in [3.05, 3.63) is 35.9 Å². The summed E-state index contributed by atoms with van der Waals surface area (Å²) in [5.41, 5.74) is 1.41. The third-order valence-electron chi connectivity index (χ3n) is 5.34. The van der Waals surface area contributed by atoms with Gasteiger partial charge in [0, 0.05) is 19.6 Å². The average Bonchev–Trinajstić information content (AvgIpc) is 3.03. The number of rotatable bonds is 6. The molecule has 2 aliphatic rings. The molecule has 0 saturated carbocycles. The van der Waals surface area contributed by atoms with Gasteiger partial charge in [-0.1, -0.05) is 30.3 Å². The van der Waals surface area contributed by atoms with Crippen LogP contribution >= 0.6 is 0 Å². The first-order chi connectivity index (χ1) is 11.7. The molecular weight excluding hydrogens is 300 g/mol. The maximum atomic E-state index is 11.8. The number of hydrogen-bond donors (Lipinski definition) is 0. The van der Waals surface area contributed by atoms with Crippen LogP contribution in [0.1, 0.15) is 31.7 Å².